The summed E-state index contributed by atoms with van der Waals surface area (Å²) in [5.41, 5.74) is 0. The molecule has 0 aliphatic heterocycles. The van der Waals surface area contributed by atoms with Crippen molar-refractivity contribution in [1.82, 2.24) is 9.36 Å². The van der Waals surface area contributed by atoms with Gasteiger partial charge in [0.25, 0.3) is 0 Å². The number of aliphatic hydroxyl groups excluding tert-OH is 1. The molecule has 1 atom stereocenters. The molecule has 1 unspecified atom stereocenters. The standard InChI is InChI=1S/C11H19N3O2S3/c1-3-4-18-11-13-10(19-14-11)12-9(16)7-17-6-8(2)5-15/h8,15H,3-7H2,1-2H3,(H,12,13,14,16). The number of aliphatic hydroxyl groups is 1. The zero-order valence-electron chi connectivity index (χ0n) is 11.1. The van der Waals surface area contributed by atoms with Gasteiger partial charge in [0.1, 0.15) is 0 Å². The van der Waals surface area contributed by atoms with E-state index in [-0.39, 0.29) is 18.4 Å². The normalized spacial score (nSPS) is 12.4. The molecule has 8 heteroatoms. The molecule has 0 aliphatic carbocycles. The van der Waals surface area contributed by atoms with Crippen LogP contribution in [0.5, 0.6) is 0 Å². The van der Waals surface area contributed by atoms with Crippen LogP contribution in [0.15, 0.2) is 5.16 Å². The minimum Gasteiger partial charge on any atom is -0.396 e. The number of anilines is 1. The fraction of sp³-hybridized carbons (Fsp3) is 0.727. The van der Waals surface area contributed by atoms with Crippen LogP contribution in [0, 0.1) is 5.92 Å². The van der Waals surface area contributed by atoms with Crippen LogP contribution in [0.3, 0.4) is 0 Å². The first-order chi connectivity index (χ1) is 9.15. The predicted octanol–water partition coefficient (Wildman–Crippen LogP) is 2.34. The van der Waals surface area contributed by atoms with E-state index in [2.05, 4.69) is 21.6 Å². The lowest BCUT2D eigenvalue weighted by Crippen LogP contribution is -2.15. The minimum absolute atomic E-state index is 0.0710. The lowest BCUT2D eigenvalue weighted by Gasteiger charge is -2.06. The molecule has 0 aliphatic rings. The van der Waals surface area contributed by atoms with Crippen molar-refractivity contribution in [1.29, 1.82) is 0 Å². The zero-order chi connectivity index (χ0) is 14.1. The van der Waals surface area contributed by atoms with Crippen molar-refractivity contribution in [2.24, 2.45) is 5.92 Å². The van der Waals surface area contributed by atoms with E-state index in [1.54, 1.807) is 11.8 Å². The summed E-state index contributed by atoms with van der Waals surface area (Å²) < 4.78 is 4.17. The van der Waals surface area contributed by atoms with Crippen LogP contribution in [0.4, 0.5) is 5.13 Å². The van der Waals surface area contributed by atoms with Crippen LogP contribution in [-0.2, 0) is 4.79 Å². The van der Waals surface area contributed by atoms with Crippen molar-refractivity contribution < 1.29 is 9.90 Å². The van der Waals surface area contributed by atoms with Gasteiger partial charge in [-0.2, -0.15) is 21.1 Å². The summed E-state index contributed by atoms with van der Waals surface area (Å²) in [4.78, 5) is 15.9. The summed E-state index contributed by atoms with van der Waals surface area (Å²) in [6.45, 7) is 4.21. The van der Waals surface area contributed by atoms with Crippen LogP contribution >= 0.6 is 35.1 Å². The molecule has 0 radical (unpaired) electrons. The van der Waals surface area contributed by atoms with Crippen LogP contribution < -0.4 is 5.32 Å². The van der Waals surface area contributed by atoms with Gasteiger partial charge in [0.2, 0.25) is 16.2 Å². The maximum absolute atomic E-state index is 11.6. The van der Waals surface area contributed by atoms with Gasteiger partial charge in [-0.05, 0) is 18.1 Å². The third-order valence-electron chi connectivity index (χ3n) is 2.04. The molecule has 2 N–H and O–H groups in total. The van der Waals surface area contributed by atoms with E-state index in [0.29, 0.717) is 10.9 Å². The van der Waals surface area contributed by atoms with E-state index < -0.39 is 0 Å². The predicted molar refractivity (Wildman–Crippen MR) is 83.1 cm³/mol. The van der Waals surface area contributed by atoms with E-state index in [1.165, 1.54) is 23.3 Å². The average Bonchev–Trinajstić information content (AvgIpc) is 2.83. The first kappa shape index (κ1) is 16.7. The third-order valence-corrected chi connectivity index (χ3v) is 5.11. The van der Waals surface area contributed by atoms with Gasteiger partial charge in [-0.25, -0.2) is 0 Å². The number of carbonyl (C=O) groups is 1. The highest BCUT2D eigenvalue weighted by atomic mass is 32.2. The second kappa shape index (κ2) is 9.57. The Kier molecular flexibility index (Phi) is 8.43. The molecule has 1 rings (SSSR count). The summed E-state index contributed by atoms with van der Waals surface area (Å²) in [7, 11) is 0. The number of carbonyl (C=O) groups excluding carboxylic acids is 1. The number of nitrogens with one attached hydrogen (secondary N) is 1. The van der Waals surface area contributed by atoms with Crippen molar-refractivity contribution >= 4 is 46.1 Å². The molecule has 0 saturated heterocycles. The van der Waals surface area contributed by atoms with Crippen LogP contribution in [0.1, 0.15) is 20.3 Å². The van der Waals surface area contributed by atoms with Crippen molar-refractivity contribution in [2.75, 3.05) is 29.2 Å². The SMILES string of the molecule is CCCSc1nsc(NC(=O)CSCC(C)CO)n1. The topological polar surface area (TPSA) is 75.1 Å². The quantitative estimate of drug-likeness (QED) is 0.680. The van der Waals surface area contributed by atoms with Crippen LogP contribution in [0.2, 0.25) is 0 Å². The molecule has 5 nitrogen and oxygen atoms in total. The Hall–Kier alpha value is -0.310. The number of aromatic nitrogens is 2. The highest BCUT2D eigenvalue weighted by Gasteiger charge is 2.09. The highest BCUT2D eigenvalue weighted by Crippen LogP contribution is 2.20. The number of rotatable bonds is 9. The highest BCUT2D eigenvalue weighted by molar-refractivity contribution is 8.00. The minimum atomic E-state index is -0.0710. The van der Waals surface area contributed by atoms with Gasteiger partial charge < -0.3 is 5.11 Å². The lowest BCUT2D eigenvalue weighted by atomic mass is 10.2. The van der Waals surface area contributed by atoms with Gasteiger partial charge in [0.05, 0.1) is 5.75 Å². The molecule has 0 bridgehead atoms. The Labute approximate surface area is 126 Å². The van der Waals surface area contributed by atoms with Gasteiger partial charge in [-0.15, -0.1) is 0 Å². The zero-order valence-corrected chi connectivity index (χ0v) is 13.5. The second-order valence-electron chi connectivity index (χ2n) is 4.08. The Balaban J connectivity index is 2.26. The van der Waals surface area contributed by atoms with Crippen LogP contribution in [0.25, 0.3) is 0 Å². The monoisotopic (exact) mass is 321 g/mol. The summed E-state index contributed by atoms with van der Waals surface area (Å²) in [6.07, 6.45) is 1.07. The molecule has 108 valence electrons. The summed E-state index contributed by atoms with van der Waals surface area (Å²) in [5, 5.41) is 12.9. The number of amides is 1. The fourth-order valence-electron chi connectivity index (χ4n) is 1.07. The largest absolute Gasteiger partial charge is 0.396 e. The van der Waals surface area contributed by atoms with Crippen molar-refractivity contribution in [2.45, 2.75) is 25.4 Å². The van der Waals surface area contributed by atoms with Gasteiger partial charge in [-0.3, -0.25) is 10.1 Å². The third kappa shape index (κ3) is 7.14. The molecular weight excluding hydrogens is 302 g/mol. The first-order valence-corrected chi connectivity index (χ1v) is 9.02. The molecule has 1 amide bonds. The molecule has 19 heavy (non-hydrogen) atoms. The summed E-state index contributed by atoms with van der Waals surface area (Å²) in [5.74, 6) is 2.28. The molecule has 0 aromatic carbocycles. The molecule has 0 saturated carbocycles. The average molecular weight is 321 g/mol. The van der Waals surface area contributed by atoms with E-state index in [9.17, 15) is 4.79 Å². The van der Waals surface area contributed by atoms with Crippen LogP contribution in [-0.4, -0.2) is 44.2 Å². The number of nitrogens with zero attached hydrogens (tertiary/aromatic N) is 2. The second-order valence-corrected chi connectivity index (χ2v) is 6.93. The summed E-state index contributed by atoms with van der Waals surface area (Å²) in [6, 6.07) is 0. The lowest BCUT2D eigenvalue weighted by molar-refractivity contribution is -0.113. The number of hydrogen-bond donors (Lipinski definition) is 2. The number of hydrogen-bond acceptors (Lipinski definition) is 7. The van der Waals surface area contributed by atoms with Crippen molar-refractivity contribution in [3.8, 4) is 0 Å². The Morgan fingerprint density at radius 2 is 2.37 bits per heavy atom. The summed E-state index contributed by atoms with van der Waals surface area (Å²) >= 11 is 4.32. The van der Waals surface area contributed by atoms with Gasteiger partial charge in [0, 0.05) is 23.9 Å². The van der Waals surface area contributed by atoms with Crippen molar-refractivity contribution in [3.05, 3.63) is 0 Å². The van der Waals surface area contributed by atoms with Gasteiger partial charge >= 0.3 is 0 Å². The first-order valence-electron chi connectivity index (χ1n) is 6.10. The molecule has 1 aromatic heterocycles. The maximum Gasteiger partial charge on any atom is 0.236 e. The van der Waals surface area contributed by atoms with E-state index in [0.717, 1.165) is 23.1 Å². The molecule has 1 heterocycles. The Bertz CT molecular complexity index is 387. The van der Waals surface area contributed by atoms with Gasteiger partial charge in [-0.1, -0.05) is 25.6 Å². The van der Waals surface area contributed by atoms with E-state index in [4.69, 9.17) is 5.11 Å². The Morgan fingerprint density at radius 1 is 1.58 bits per heavy atom. The molecule has 0 fully saturated rings. The van der Waals surface area contributed by atoms with Gasteiger partial charge in [0.15, 0.2) is 0 Å². The van der Waals surface area contributed by atoms with E-state index >= 15 is 0 Å². The Morgan fingerprint density at radius 3 is 3.05 bits per heavy atom. The smallest absolute Gasteiger partial charge is 0.236 e. The molecule has 1 aromatic rings. The van der Waals surface area contributed by atoms with E-state index in [1.807, 2.05) is 6.92 Å². The molecular formula is C11H19N3O2S3. The number of thioether (sulfide) groups is 2. The molecule has 0 spiro atoms. The van der Waals surface area contributed by atoms with Crippen molar-refractivity contribution in [3.63, 3.8) is 0 Å². The maximum atomic E-state index is 11.6. The fourth-order valence-corrected chi connectivity index (χ4v) is 3.37.